The minimum absolute atomic E-state index is 0.0509. The first kappa shape index (κ1) is 30.4. The first-order valence-electron chi connectivity index (χ1n) is 13.7. The molecule has 0 radical (unpaired) electrons. The van der Waals surface area contributed by atoms with Gasteiger partial charge in [0.1, 0.15) is 18.3 Å². The highest BCUT2D eigenvalue weighted by Crippen LogP contribution is 2.28. The van der Waals surface area contributed by atoms with Gasteiger partial charge in [-0.05, 0) is 68.7 Å². The number of carbonyl (C=O) groups is 2. The van der Waals surface area contributed by atoms with Crippen molar-refractivity contribution in [3.05, 3.63) is 88.9 Å². The molecule has 0 unspecified atom stereocenters. The molecule has 8 nitrogen and oxygen atoms in total. The molecule has 4 rings (SSSR count). The van der Waals surface area contributed by atoms with E-state index in [2.05, 4.69) is 5.32 Å². The van der Waals surface area contributed by atoms with Gasteiger partial charge in [0, 0.05) is 23.7 Å². The number of rotatable bonds is 11. The minimum Gasteiger partial charge on any atom is -0.497 e. The summed E-state index contributed by atoms with van der Waals surface area (Å²) in [4.78, 5) is 28.8. The second-order valence-electron chi connectivity index (χ2n) is 10.3. The SMILES string of the molecule is COc1cccc(N(CC(=O)N(Cc2ccc(Cl)cc2)[C@H](C)C(=O)NC2CCCC2)S(=O)(=O)c2ccc(C)cc2)c1. The molecule has 10 heteroatoms. The fourth-order valence-corrected chi connectivity index (χ4v) is 6.42. The van der Waals surface area contributed by atoms with Gasteiger partial charge in [-0.2, -0.15) is 0 Å². The third-order valence-electron chi connectivity index (χ3n) is 7.36. The lowest BCUT2D eigenvalue weighted by molar-refractivity contribution is -0.139. The molecule has 0 heterocycles. The fraction of sp³-hybridized carbons (Fsp3) is 0.355. The Morgan fingerprint density at radius 2 is 1.68 bits per heavy atom. The monoisotopic (exact) mass is 597 g/mol. The number of anilines is 1. The molecule has 3 aromatic carbocycles. The second-order valence-corrected chi connectivity index (χ2v) is 12.6. The smallest absolute Gasteiger partial charge is 0.264 e. The largest absolute Gasteiger partial charge is 0.497 e. The quantitative estimate of drug-likeness (QED) is 0.322. The number of hydrogen-bond acceptors (Lipinski definition) is 5. The number of nitrogens with zero attached hydrogens (tertiary/aromatic N) is 2. The van der Waals surface area contributed by atoms with Crippen molar-refractivity contribution in [3.8, 4) is 5.75 Å². The summed E-state index contributed by atoms with van der Waals surface area (Å²) >= 11 is 6.07. The molecule has 0 bridgehead atoms. The van der Waals surface area contributed by atoms with Crippen LogP contribution in [0.25, 0.3) is 0 Å². The number of halogens is 1. The van der Waals surface area contributed by atoms with Crippen molar-refractivity contribution in [1.29, 1.82) is 0 Å². The zero-order valence-corrected chi connectivity index (χ0v) is 25.1. The topological polar surface area (TPSA) is 96.0 Å². The Labute approximate surface area is 247 Å². The summed E-state index contributed by atoms with van der Waals surface area (Å²) in [5, 5.41) is 3.62. The van der Waals surface area contributed by atoms with E-state index in [4.69, 9.17) is 16.3 Å². The van der Waals surface area contributed by atoms with E-state index < -0.39 is 28.5 Å². The lowest BCUT2D eigenvalue weighted by atomic mass is 10.1. The molecule has 1 atom stereocenters. The van der Waals surface area contributed by atoms with Gasteiger partial charge in [-0.15, -0.1) is 0 Å². The Bertz CT molecular complexity index is 1460. The van der Waals surface area contributed by atoms with E-state index in [1.807, 2.05) is 6.92 Å². The highest BCUT2D eigenvalue weighted by atomic mass is 35.5. The van der Waals surface area contributed by atoms with E-state index in [1.54, 1.807) is 67.6 Å². The maximum atomic E-state index is 14.1. The Morgan fingerprint density at radius 1 is 1.02 bits per heavy atom. The standard InChI is InChI=1S/C31H36ClN3O5S/c1-22-11-17-29(18-12-22)41(38,39)35(27-9-6-10-28(19-27)40-3)21-30(36)34(20-24-13-15-25(32)16-14-24)23(2)31(37)33-26-7-4-5-8-26/h6,9-19,23,26H,4-5,7-8,20-21H2,1-3H3,(H,33,37)/t23-/m1/s1. The van der Waals surface area contributed by atoms with Gasteiger partial charge in [-0.25, -0.2) is 8.42 Å². The third kappa shape index (κ3) is 7.59. The molecule has 3 aromatic rings. The van der Waals surface area contributed by atoms with Crippen LogP contribution < -0.4 is 14.4 Å². The molecule has 0 saturated heterocycles. The summed E-state index contributed by atoms with van der Waals surface area (Å²) in [6.07, 6.45) is 3.92. The number of sulfonamides is 1. The summed E-state index contributed by atoms with van der Waals surface area (Å²) in [5.41, 5.74) is 1.94. The summed E-state index contributed by atoms with van der Waals surface area (Å²) in [5.74, 6) is -0.345. The number of benzene rings is 3. The van der Waals surface area contributed by atoms with E-state index in [0.29, 0.717) is 10.8 Å². The summed E-state index contributed by atoms with van der Waals surface area (Å²) in [7, 11) is -2.67. The molecule has 0 aliphatic heterocycles. The first-order valence-corrected chi connectivity index (χ1v) is 15.5. The molecular weight excluding hydrogens is 562 g/mol. The predicted octanol–water partition coefficient (Wildman–Crippen LogP) is 5.33. The fourth-order valence-electron chi connectivity index (χ4n) is 4.89. The average molecular weight is 598 g/mol. The van der Waals surface area contributed by atoms with Crippen LogP contribution >= 0.6 is 11.6 Å². The van der Waals surface area contributed by atoms with Crippen LogP contribution in [0.3, 0.4) is 0 Å². The highest BCUT2D eigenvalue weighted by Gasteiger charge is 2.33. The Hall–Kier alpha value is -3.56. The van der Waals surface area contributed by atoms with Crippen molar-refractivity contribution in [2.45, 2.75) is 63.1 Å². The number of carbonyl (C=O) groups excluding carboxylic acids is 2. The number of nitrogens with one attached hydrogen (secondary N) is 1. The molecular formula is C31H36ClN3O5S. The number of amides is 2. The minimum atomic E-state index is -4.16. The summed E-state index contributed by atoms with van der Waals surface area (Å²) in [6.45, 7) is 3.12. The summed E-state index contributed by atoms with van der Waals surface area (Å²) < 4.78 is 34.3. The van der Waals surface area contributed by atoms with Gasteiger partial charge in [0.2, 0.25) is 11.8 Å². The predicted molar refractivity (Wildman–Crippen MR) is 161 cm³/mol. The van der Waals surface area contributed by atoms with Crippen LogP contribution in [-0.2, 0) is 26.2 Å². The Kier molecular flexibility index (Phi) is 9.94. The van der Waals surface area contributed by atoms with E-state index in [1.165, 1.54) is 24.1 Å². The van der Waals surface area contributed by atoms with Gasteiger partial charge in [-0.1, -0.05) is 60.3 Å². The first-order chi connectivity index (χ1) is 19.6. The van der Waals surface area contributed by atoms with Crippen molar-refractivity contribution in [2.24, 2.45) is 0 Å². The normalized spacial score (nSPS) is 14.3. The van der Waals surface area contributed by atoms with E-state index in [9.17, 15) is 18.0 Å². The summed E-state index contributed by atoms with van der Waals surface area (Å²) in [6, 6.07) is 19.2. The number of aryl methyl sites for hydroxylation is 1. The van der Waals surface area contributed by atoms with Crippen LogP contribution in [0.5, 0.6) is 5.75 Å². The zero-order valence-electron chi connectivity index (χ0n) is 23.5. The van der Waals surface area contributed by atoms with Gasteiger partial charge < -0.3 is 15.0 Å². The molecule has 1 aliphatic carbocycles. The van der Waals surface area contributed by atoms with Crippen molar-refractivity contribution < 1.29 is 22.7 Å². The Morgan fingerprint density at radius 3 is 2.32 bits per heavy atom. The lowest BCUT2D eigenvalue weighted by Crippen LogP contribution is -2.52. The van der Waals surface area contributed by atoms with Crippen LogP contribution in [0.15, 0.2) is 77.7 Å². The highest BCUT2D eigenvalue weighted by molar-refractivity contribution is 7.92. The van der Waals surface area contributed by atoms with Crippen LogP contribution in [0, 0.1) is 6.92 Å². The Balaban J connectivity index is 1.69. The van der Waals surface area contributed by atoms with Crippen LogP contribution in [-0.4, -0.2) is 50.9 Å². The molecule has 0 spiro atoms. The van der Waals surface area contributed by atoms with Crippen LogP contribution in [0.4, 0.5) is 5.69 Å². The number of ether oxygens (including phenoxy) is 1. The second kappa shape index (κ2) is 13.4. The van der Waals surface area contributed by atoms with Crippen molar-refractivity contribution in [3.63, 3.8) is 0 Å². The number of hydrogen-bond donors (Lipinski definition) is 1. The lowest BCUT2D eigenvalue weighted by Gasteiger charge is -2.32. The van der Waals surface area contributed by atoms with Gasteiger partial charge >= 0.3 is 0 Å². The van der Waals surface area contributed by atoms with E-state index >= 15 is 0 Å². The zero-order chi connectivity index (χ0) is 29.6. The molecule has 1 aliphatic rings. The molecule has 2 amide bonds. The maximum absolute atomic E-state index is 14.1. The van der Waals surface area contributed by atoms with Crippen molar-refractivity contribution in [2.75, 3.05) is 18.0 Å². The van der Waals surface area contributed by atoms with Gasteiger partial charge in [0.05, 0.1) is 17.7 Å². The van der Waals surface area contributed by atoms with Crippen molar-refractivity contribution >= 4 is 39.1 Å². The van der Waals surface area contributed by atoms with E-state index in [0.717, 1.165) is 41.1 Å². The average Bonchev–Trinajstić information content (AvgIpc) is 3.48. The molecule has 1 fully saturated rings. The van der Waals surface area contributed by atoms with Crippen LogP contribution in [0.1, 0.15) is 43.7 Å². The van der Waals surface area contributed by atoms with E-state index in [-0.39, 0.29) is 29.1 Å². The molecule has 0 aromatic heterocycles. The molecule has 41 heavy (non-hydrogen) atoms. The van der Waals surface area contributed by atoms with Crippen molar-refractivity contribution in [1.82, 2.24) is 10.2 Å². The molecule has 218 valence electrons. The molecule has 1 N–H and O–H groups in total. The molecule has 1 saturated carbocycles. The van der Waals surface area contributed by atoms with Crippen LogP contribution in [0.2, 0.25) is 5.02 Å². The number of methoxy groups -OCH3 is 1. The maximum Gasteiger partial charge on any atom is 0.264 e. The third-order valence-corrected chi connectivity index (χ3v) is 9.40. The van der Waals surface area contributed by atoms with Gasteiger partial charge in [0.15, 0.2) is 0 Å². The van der Waals surface area contributed by atoms with Gasteiger partial charge in [-0.3, -0.25) is 13.9 Å². The van der Waals surface area contributed by atoms with Gasteiger partial charge in [0.25, 0.3) is 10.0 Å².